The Balaban J connectivity index is 0. The standard InChI is InChI=1S/C37H78N.C2H4O3/c1-5-8-11-14-17-20-23-26-29-32-35-38(4,36-33-30-27-24-21-18-15-12-9-6-2)37-34-31-28-25-22-19-16-13-10-7-3;1-5-2(3)4/h5-37H2,1-4H3;1H3,(H,3,4)/q+1;/p-1. The molecule has 0 aliphatic heterocycles. The summed E-state index contributed by atoms with van der Waals surface area (Å²) >= 11 is 0. The number of carbonyl (C=O) groups is 1. The number of hydrogen-bond donors (Lipinski definition) is 0. The molecule has 0 aromatic rings. The summed E-state index contributed by atoms with van der Waals surface area (Å²) in [6.07, 6.45) is 42.3. The van der Waals surface area contributed by atoms with E-state index in [1.165, 1.54) is 217 Å². The van der Waals surface area contributed by atoms with Crippen molar-refractivity contribution in [1.29, 1.82) is 0 Å². The first-order chi connectivity index (χ1) is 21.0. The van der Waals surface area contributed by atoms with Crippen LogP contribution in [0.15, 0.2) is 0 Å². The number of unbranched alkanes of at least 4 members (excludes halogenated alkanes) is 27. The van der Waals surface area contributed by atoms with E-state index in [0.717, 1.165) is 7.11 Å². The van der Waals surface area contributed by atoms with E-state index in [0.29, 0.717) is 0 Å². The fraction of sp³-hybridized carbons (Fsp3) is 0.974. The third kappa shape index (κ3) is 39.2. The number of hydrogen-bond acceptors (Lipinski definition) is 3. The van der Waals surface area contributed by atoms with Crippen LogP contribution in [0, 0.1) is 0 Å². The number of nitrogens with zero attached hydrogens (tertiary/aromatic N) is 1. The van der Waals surface area contributed by atoms with Crippen molar-refractivity contribution in [2.45, 2.75) is 213 Å². The van der Waals surface area contributed by atoms with Crippen LogP contribution in [0.1, 0.15) is 213 Å². The van der Waals surface area contributed by atoms with E-state index < -0.39 is 6.16 Å². The van der Waals surface area contributed by atoms with Crippen LogP contribution in [0.2, 0.25) is 0 Å². The van der Waals surface area contributed by atoms with Gasteiger partial charge < -0.3 is 19.1 Å². The monoisotopic (exact) mass is 612 g/mol. The Morgan fingerprint density at radius 2 is 0.581 bits per heavy atom. The minimum atomic E-state index is -1.50. The zero-order valence-electron chi connectivity index (χ0n) is 30.5. The van der Waals surface area contributed by atoms with Gasteiger partial charge in [0.05, 0.1) is 26.7 Å². The predicted molar refractivity (Wildman–Crippen MR) is 189 cm³/mol. The normalized spacial score (nSPS) is 11.4. The van der Waals surface area contributed by atoms with Gasteiger partial charge in [0, 0.05) is 7.11 Å². The molecule has 0 aromatic carbocycles. The van der Waals surface area contributed by atoms with Gasteiger partial charge in [-0.2, -0.15) is 0 Å². The van der Waals surface area contributed by atoms with Gasteiger partial charge in [-0.1, -0.05) is 175 Å². The lowest BCUT2D eigenvalue weighted by Gasteiger charge is -2.35. The lowest BCUT2D eigenvalue weighted by atomic mass is 10.0. The first-order valence-electron chi connectivity index (χ1n) is 19.5. The van der Waals surface area contributed by atoms with Crippen molar-refractivity contribution in [3.8, 4) is 0 Å². The molecule has 4 nitrogen and oxygen atoms in total. The molecule has 0 bridgehead atoms. The second kappa shape index (κ2) is 37.4. The SMILES string of the molecule is CCCCCCCCCCCC[N+](C)(CCCCCCCCCCCC)CCCCCCCCCCCC.COC(=O)[O-]. The molecule has 0 amide bonds. The Bertz CT molecular complexity index is 465. The molecule has 4 heteroatoms. The van der Waals surface area contributed by atoms with Gasteiger partial charge in [-0.15, -0.1) is 0 Å². The van der Waals surface area contributed by atoms with Gasteiger partial charge in [-0.05, 0) is 38.5 Å². The third-order valence-electron chi connectivity index (χ3n) is 9.32. The summed E-state index contributed by atoms with van der Waals surface area (Å²) in [6.45, 7) is 11.3. The average molecular weight is 612 g/mol. The Morgan fingerprint density at radius 3 is 0.744 bits per heavy atom. The van der Waals surface area contributed by atoms with Crippen molar-refractivity contribution < 1.29 is 19.1 Å². The van der Waals surface area contributed by atoms with Crippen LogP contribution in [0.4, 0.5) is 4.79 Å². The van der Waals surface area contributed by atoms with Crippen molar-refractivity contribution in [3.63, 3.8) is 0 Å². The minimum absolute atomic E-state index is 1.04. The molecule has 0 radical (unpaired) electrons. The molecule has 0 aromatic heterocycles. The third-order valence-corrected chi connectivity index (χ3v) is 9.32. The predicted octanol–water partition coefficient (Wildman–Crippen LogP) is 12.2. The quantitative estimate of drug-likeness (QED) is 0.0421. The van der Waals surface area contributed by atoms with Crippen LogP contribution in [-0.4, -0.2) is 44.4 Å². The molecule has 0 saturated carbocycles. The zero-order chi connectivity index (χ0) is 32.1. The maximum Gasteiger partial charge on any atom is 0.251 e. The van der Waals surface area contributed by atoms with E-state index in [-0.39, 0.29) is 0 Å². The Hall–Kier alpha value is -0.770. The smallest absolute Gasteiger partial charge is 0.251 e. The molecular formula is C39H81NO3. The first kappa shape index (κ1) is 44.4. The van der Waals surface area contributed by atoms with Gasteiger partial charge in [0.15, 0.2) is 0 Å². The van der Waals surface area contributed by atoms with Gasteiger partial charge in [0.1, 0.15) is 0 Å². The lowest BCUT2D eigenvalue weighted by molar-refractivity contribution is -0.910. The van der Waals surface area contributed by atoms with Crippen LogP contribution in [0.5, 0.6) is 0 Å². The average Bonchev–Trinajstić information content (AvgIpc) is 3.00. The number of rotatable bonds is 33. The summed E-state index contributed by atoms with van der Waals surface area (Å²) in [5.74, 6) is 0. The number of carbonyl (C=O) groups excluding carboxylic acids is 1. The zero-order valence-corrected chi connectivity index (χ0v) is 30.5. The molecule has 0 aliphatic carbocycles. The molecule has 0 spiro atoms. The molecule has 260 valence electrons. The first-order valence-corrected chi connectivity index (χ1v) is 19.5. The Morgan fingerprint density at radius 1 is 0.419 bits per heavy atom. The van der Waals surface area contributed by atoms with E-state index in [1.54, 1.807) is 0 Å². The molecule has 0 unspecified atom stereocenters. The van der Waals surface area contributed by atoms with Crippen LogP contribution in [0.25, 0.3) is 0 Å². The Kier molecular flexibility index (Phi) is 38.6. The van der Waals surface area contributed by atoms with Crippen molar-refractivity contribution in [2.24, 2.45) is 0 Å². The number of quaternary nitrogens is 1. The van der Waals surface area contributed by atoms with E-state index in [2.05, 4.69) is 32.6 Å². The topological polar surface area (TPSA) is 49.4 Å². The molecule has 0 rings (SSSR count). The van der Waals surface area contributed by atoms with Crippen molar-refractivity contribution in [3.05, 3.63) is 0 Å². The van der Waals surface area contributed by atoms with Crippen LogP contribution >= 0.6 is 0 Å². The van der Waals surface area contributed by atoms with Gasteiger partial charge in [-0.25, -0.2) is 0 Å². The number of carboxylic acid groups (broad SMARTS) is 1. The van der Waals surface area contributed by atoms with Gasteiger partial charge in [0.2, 0.25) is 0 Å². The highest BCUT2D eigenvalue weighted by molar-refractivity contribution is 5.53. The molecule has 0 saturated heterocycles. The number of methoxy groups -OCH3 is 1. The van der Waals surface area contributed by atoms with E-state index >= 15 is 0 Å². The molecule has 0 atom stereocenters. The highest BCUT2D eigenvalue weighted by Gasteiger charge is 2.20. The van der Waals surface area contributed by atoms with Gasteiger partial charge in [0.25, 0.3) is 6.16 Å². The van der Waals surface area contributed by atoms with E-state index in [4.69, 9.17) is 9.90 Å². The molecule has 0 heterocycles. The van der Waals surface area contributed by atoms with Crippen molar-refractivity contribution in [2.75, 3.05) is 33.8 Å². The van der Waals surface area contributed by atoms with Gasteiger partial charge >= 0.3 is 0 Å². The van der Waals surface area contributed by atoms with Crippen LogP contribution in [0.3, 0.4) is 0 Å². The second-order valence-electron chi connectivity index (χ2n) is 13.8. The number of ether oxygens (including phenoxy) is 1. The van der Waals surface area contributed by atoms with Gasteiger partial charge in [-0.3, -0.25) is 0 Å². The molecule has 0 fully saturated rings. The molecule has 0 aliphatic rings. The summed E-state index contributed by atoms with van der Waals surface area (Å²) in [4.78, 5) is 9.03. The summed E-state index contributed by atoms with van der Waals surface area (Å²) in [6, 6.07) is 0. The summed E-state index contributed by atoms with van der Waals surface area (Å²) < 4.78 is 4.92. The maximum atomic E-state index is 9.03. The largest absolute Gasteiger partial charge is 0.553 e. The van der Waals surface area contributed by atoms with Crippen LogP contribution in [-0.2, 0) is 4.74 Å². The summed E-state index contributed by atoms with van der Waals surface area (Å²) in [5.41, 5.74) is 0. The van der Waals surface area contributed by atoms with E-state index in [9.17, 15) is 0 Å². The van der Waals surface area contributed by atoms with E-state index in [1.807, 2.05) is 0 Å². The second-order valence-corrected chi connectivity index (χ2v) is 13.8. The fourth-order valence-corrected chi connectivity index (χ4v) is 6.28. The molecular weight excluding hydrogens is 530 g/mol. The minimum Gasteiger partial charge on any atom is -0.553 e. The highest BCUT2D eigenvalue weighted by atomic mass is 16.6. The highest BCUT2D eigenvalue weighted by Crippen LogP contribution is 2.18. The lowest BCUT2D eigenvalue weighted by Crippen LogP contribution is -2.46. The maximum absolute atomic E-state index is 9.03. The molecule has 43 heavy (non-hydrogen) atoms. The van der Waals surface area contributed by atoms with Crippen molar-refractivity contribution >= 4 is 6.16 Å². The fourth-order valence-electron chi connectivity index (χ4n) is 6.28. The van der Waals surface area contributed by atoms with Crippen molar-refractivity contribution in [1.82, 2.24) is 0 Å². The van der Waals surface area contributed by atoms with Crippen LogP contribution < -0.4 is 5.11 Å². The summed E-state index contributed by atoms with van der Waals surface area (Å²) in [7, 11) is 3.64. The Labute approximate surface area is 272 Å². The molecule has 0 N–H and O–H groups in total. The summed E-state index contributed by atoms with van der Waals surface area (Å²) in [5, 5.41) is 9.03.